The van der Waals surface area contributed by atoms with E-state index in [1.54, 1.807) is 19.2 Å². The Balaban J connectivity index is 1.69. The van der Waals surface area contributed by atoms with E-state index in [2.05, 4.69) is 20.8 Å². The van der Waals surface area contributed by atoms with Crippen molar-refractivity contribution in [3.63, 3.8) is 0 Å². The van der Waals surface area contributed by atoms with Crippen LogP contribution in [0.1, 0.15) is 16.7 Å². The molecule has 0 aliphatic heterocycles. The van der Waals surface area contributed by atoms with Crippen molar-refractivity contribution in [2.45, 2.75) is 19.6 Å². The fraction of sp³-hybridized carbons (Fsp3) is 0.143. The van der Waals surface area contributed by atoms with Crippen molar-refractivity contribution in [3.05, 3.63) is 111 Å². The third-order valence-corrected chi connectivity index (χ3v) is 6.06. The van der Waals surface area contributed by atoms with Crippen LogP contribution in [0, 0.1) is 6.57 Å². The van der Waals surface area contributed by atoms with E-state index in [1.165, 1.54) is 4.90 Å². The summed E-state index contributed by atoms with van der Waals surface area (Å²) >= 11 is 3.56. The molecule has 0 radical (unpaired) electrons. The maximum absolute atomic E-state index is 13.3. The molecule has 0 spiro atoms. The summed E-state index contributed by atoms with van der Waals surface area (Å²) in [5.41, 5.74) is 3.00. The maximum atomic E-state index is 13.3. The van der Waals surface area contributed by atoms with E-state index in [4.69, 9.17) is 21.0 Å². The Bertz CT molecular complexity index is 1430. The Morgan fingerprint density at radius 1 is 0.972 bits per heavy atom. The van der Waals surface area contributed by atoms with Crippen LogP contribution in [0.4, 0.5) is 10.6 Å². The summed E-state index contributed by atoms with van der Waals surface area (Å²) in [5, 5.41) is 0.826. The Hall–Kier alpha value is -4.22. The van der Waals surface area contributed by atoms with Gasteiger partial charge in [-0.2, -0.15) is 4.85 Å². The van der Waals surface area contributed by atoms with E-state index in [1.807, 2.05) is 66.7 Å². The van der Waals surface area contributed by atoms with Gasteiger partial charge >= 0.3 is 12.0 Å². The first-order valence-electron chi connectivity index (χ1n) is 11.1. The van der Waals surface area contributed by atoms with Gasteiger partial charge in [0, 0.05) is 11.8 Å². The zero-order valence-corrected chi connectivity index (χ0v) is 21.1. The number of rotatable bonds is 8. The number of pyridine rings is 1. The lowest BCUT2D eigenvalue weighted by molar-refractivity contribution is -0.114. The first kappa shape index (κ1) is 24.9. The third kappa shape index (κ3) is 6.06. The summed E-state index contributed by atoms with van der Waals surface area (Å²) in [6.45, 7) is 7.24. The van der Waals surface area contributed by atoms with Gasteiger partial charge in [0.2, 0.25) is 0 Å². The van der Waals surface area contributed by atoms with Crippen molar-refractivity contribution in [3.8, 4) is 5.75 Å². The number of halogens is 1. The van der Waals surface area contributed by atoms with Gasteiger partial charge in [0.25, 0.3) is 0 Å². The lowest BCUT2D eigenvalue weighted by atomic mass is 10.1. The van der Waals surface area contributed by atoms with E-state index < -0.39 is 12.0 Å². The number of fused-ring (bicyclic) bond motifs is 1. The van der Waals surface area contributed by atoms with Crippen molar-refractivity contribution in [1.29, 1.82) is 0 Å². The van der Waals surface area contributed by atoms with Crippen LogP contribution in [0.25, 0.3) is 15.7 Å². The number of ether oxygens (including phenoxy) is 2. The van der Waals surface area contributed by atoms with Crippen molar-refractivity contribution >= 4 is 44.7 Å². The van der Waals surface area contributed by atoms with E-state index in [0.717, 1.165) is 16.5 Å². The molecule has 36 heavy (non-hydrogen) atoms. The Morgan fingerprint density at radius 3 is 2.39 bits per heavy atom. The second-order valence-corrected chi connectivity index (χ2v) is 8.83. The third-order valence-electron chi connectivity index (χ3n) is 5.48. The number of carbonyl (C=O) groups excluding carboxylic acids is 2. The molecule has 0 aliphatic carbocycles. The molecule has 0 saturated carbocycles. The van der Waals surface area contributed by atoms with Gasteiger partial charge in [0.15, 0.2) is 5.82 Å². The zero-order chi connectivity index (χ0) is 25.5. The molecule has 0 aliphatic rings. The standard InChI is InChI=1S/C28H22BrN3O4/c1-30-26(33)15-21-8-11-22-16-24(29)27(31-25(22)14-21)32(17-19-9-12-23(35-2)13-10-19)28(34)36-18-20-6-4-3-5-7-20/h3-14,16H,15,17-18H2,2H3. The quantitative estimate of drug-likeness (QED) is 0.242. The van der Waals surface area contributed by atoms with Crippen LogP contribution in [0.2, 0.25) is 0 Å². The van der Waals surface area contributed by atoms with Crippen LogP contribution >= 0.6 is 15.9 Å². The molecule has 7 nitrogen and oxygen atoms in total. The maximum Gasteiger partial charge on any atom is 0.416 e. The van der Waals surface area contributed by atoms with Crippen LogP contribution in [0.3, 0.4) is 0 Å². The predicted molar refractivity (Wildman–Crippen MR) is 141 cm³/mol. The lowest BCUT2D eigenvalue weighted by Gasteiger charge is -2.23. The molecular weight excluding hydrogens is 522 g/mol. The zero-order valence-electron chi connectivity index (χ0n) is 19.5. The predicted octanol–water partition coefficient (Wildman–Crippen LogP) is 6.34. The Morgan fingerprint density at radius 2 is 1.69 bits per heavy atom. The monoisotopic (exact) mass is 543 g/mol. The van der Waals surface area contributed by atoms with Crippen molar-refractivity contribution < 1.29 is 19.1 Å². The molecule has 0 N–H and O–H groups in total. The first-order chi connectivity index (χ1) is 17.5. The molecule has 1 heterocycles. The fourth-order valence-electron chi connectivity index (χ4n) is 3.63. The number of amides is 2. The summed E-state index contributed by atoms with van der Waals surface area (Å²) in [6, 6.07) is 24.1. The van der Waals surface area contributed by atoms with Crippen LogP contribution < -0.4 is 9.64 Å². The Labute approximate surface area is 217 Å². The number of anilines is 1. The molecule has 180 valence electrons. The van der Waals surface area contributed by atoms with Gasteiger partial charge in [-0.05, 0) is 56.9 Å². The van der Waals surface area contributed by atoms with E-state index in [9.17, 15) is 9.59 Å². The van der Waals surface area contributed by atoms with E-state index >= 15 is 0 Å². The number of carbonyl (C=O) groups is 2. The average Bonchev–Trinajstić information content (AvgIpc) is 2.91. The van der Waals surface area contributed by atoms with Gasteiger partial charge in [0.1, 0.15) is 12.4 Å². The van der Waals surface area contributed by atoms with Crippen LogP contribution in [0.15, 0.2) is 83.3 Å². The molecule has 0 bridgehead atoms. The fourth-order valence-corrected chi connectivity index (χ4v) is 4.18. The lowest BCUT2D eigenvalue weighted by Crippen LogP contribution is -2.32. The van der Waals surface area contributed by atoms with Crippen molar-refractivity contribution in [2.75, 3.05) is 12.0 Å². The van der Waals surface area contributed by atoms with Gasteiger partial charge in [0.05, 0.1) is 30.2 Å². The SMILES string of the molecule is [C-]#[N+]C(=O)Cc1ccc2cc(Br)c(N(Cc3ccc(OC)cc3)C(=O)OCc3ccccc3)nc2c1. The number of nitrogens with zero attached hydrogens (tertiary/aromatic N) is 3. The second kappa shape index (κ2) is 11.5. The Kier molecular flexibility index (Phi) is 7.93. The molecule has 1 aromatic heterocycles. The highest BCUT2D eigenvalue weighted by atomic mass is 79.9. The van der Waals surface area contributed by atoms with E-state index in [0.29, 0.717) is 27.1 Å². The highest BCUT2D eigenvalue weighted by Crippen LogP contribution is 2.31. The van der Waals surface area contributed by atoms with Crippen LogP contribution in [-0.2, 0) is 29.1 Å². The van der Waals surface area contributed by atoms with Crippen LogP contribution in [0.5, 0.6) is 5.75 Å². The molecule has 0 saturated heterocycles. The smallest absolute Gasteiger partial charge is 0.416 e. The first-order valence-corrected chi connectivity index (χ1v) is 11.9. The second-order valence-electron chi connectivity index (χ2n) is 7.98. The van der Waals surface area contributed by atoms with E-state index in [-0.39, 0.29) is 19.6 Å². The summed E-state index contributed by atoms with van der Waals surface area (Å²) in [5.74, 6) is 0.547. The highest BCUT2D eigenvalue weighted by Gasteiger charge is 2.23. The number of hydrogen-bond donors (Lipinski definition) is 0. The molecule has 8 heteroatoms. The van der Waals surface area contributed by atoms with Crippen LogP contribution in [-0.4, -0.2) is 24.1 Å². The molecule has 2 amide bonds. The molecule has 0 fully saturated rings. The van der Waals surface area contributed by atoms with Gasteiger partial charge in [-0.3, -0.25) is 4.90 Å². The molecule has 4 rings (SSSR count). The topological polar surface area (TPSA) is 73.1 Å². The minimum Gasteiger partial charge on any atom is -0.497 e. The largest absolute Gasteiger partial charge is 0.497 e. The van der Waals surface area contributed by atoms with Gasteiger partial charge in [-0.1, -0.05) is 54.6 Å². The number of methoxy groups -OCH3 is 1. The highest BCUT2D eigenvalue weighted by molar-refractivity contribution is 9.10. The summed E-state index contributed by atoms with van der Waals surface area (Å²) < 4.78 is 11.5. The van der Waals surface area contributed by atoms with Crippen molar-refractivity contribution in [2.24, 2.45) is 0 Å². The normalized spacial score (nSPS) is 10.5. The van der Waals surface area contributed by atoms with Crippen molar-refractivity contribution in [1.82, 2.24) is 4.98 Å². The minimum atomic E-state index is -0.554. The summed E-state index contributed by atoms with van der Waals surface area (Å²) in [7, 11) is 1.60. The number of aromatic nitrogens is 1. The minimum absolute atomic E-state index is 0.00119. The summed E-state index contributed by atoms with van der Waals surface area (Å²) in [6.07, 6.45) is -0.553. The molecule has 3 aromatic carbocycles. The number of benzene rings is 3. The summed E-state index contributed by atoms with van der Waals surface area (Å²) in [4.78, 5) is 34.1. The number of hydrogen-bond acceptors (Lipinski definition) is 5. The molecule has 0 atom stereocenters. The average molecular weight is 544 g/mol. The van der Waals surface area contributed by atoms with Gasteiger partial charge < -0.3 is 14.3 Å². The molecule has 0 unspecified atom stereocenters. The van der Waals surface area contributed by atoms with Gasteiger partial charge in [-0.25, -0.2) is 9.78 Å². The molecule has 4 aromatic rings. The molecular formula is C28H22BrN3O4. The van der Waals surface area contributed by atoms with Gasteiger partial charge in [-0.15, -0.1) is 0 Å².